The molecule has 0 radical (unpaired) electrons. The fourth-order valence-corrected chi connectivity index (χ4v) is 10.2. The second-order valence-corrected chi connectivity index (χ2v) is 16.0. The van der Waals surface area contributed by atoms with Crippen molar-refractivity contribution in [3.05, 3.63) is 212 Å². The standard InChI is InChI=1S/C56H35BN2O/c1-2-18-40(19-3-1)58-52-24-10-9-23-48(52)57-49-35-41(59(50-25-12-16-36-14-4-6-20-42(36)50)51-26-13-17-37-15-5-7-21-43(37)51)29-30-44(49)47-33-39(34-53(58)56(47)57)38-28-31-55-46(32-38)45-22-8-11-27-54(45)60-55/h1-35H. The van der Waals surface area contributed by atoms with Gasteiger partial charge in [-0.3, -0.25) is 0 Å². The largest absolute Gasteiger partial charge is 0.456 e. The van der Waals surface area contributed by atoms with E-state index >= 15 is 0 Å². The quantitative estimate of drug-likeness (QED) is 0.163. The Morgan fingerprint density at radius 1 is 0.400 bits per heavy atom. The van der Waals surface area contributed by atoms with Crippen LogP contribution < -0.4 is 26.2 Å². The first-order valence-electron chi connectivity index (χ1n) is 20.7. The summed E-state index contributed by atoms with van der Waals surface area (Å²) >= 11 is 0. The van der Waals surface area contributed by atoms with Crippen LogP contribution in [-0.2, 0) is 0 Å². The van der Waals surface area contributed by atoms with Crippen LogP contribution in [0.2, 0.25) is 0 Å². The molecule has 2 aliphatic heterocycles. The van der Waals surface area contributed by atoms with Crippen molar-refractivity contribution in [3.8, 4) is 22.3 Å². The summed E-state index contributed by atoms with van der Waals surface area (Å²) in [6.45, 7) is 0.0531. The Bertz CT molecular complexity index is 3440. The van der Waals surface area contributed by atoms with Crippen molar-refractivity contribution in [3.63, 3.8) is 0 Å². The zero-order chi connectivity index (χ0) is 39.3. The highest BCUT2D eigenvalue weighted by Crippen LogP contribution is 2.46. The Morgan fingerprint density at radius 2 is 1.05 bits per heavy atom. The number of furan rings is 1. The fourth-order valence-electron chi connectivity index (χ4n) is 10.2. The van der Waals surface area contributed by atoms with Crippen molar-refractivity contribution in [2.45, 2.75) is 0 Å². The zero-order valence-electron chi connectivity index (χ0n) is 32.6. The number of para-hydroxylation sites is 3. The van der Waals surface area contributed by atoms with Gasteiger partial charge in [0.1, 0.15) is 11.2 Å². The van der Waals surface area contributed by atoms with Gasteiger partial charge in [-0.2, -0.15) is 0 Å². The average molecular weight is 763 g/mol. The van der Waals surface area contributed by atoms with E-state index in [1.807, 2.05) is 6.07 Å². The lowest BCUT2D eigenvalue weighted by molar-refractivity contribution is 0.669. The van der Waals surface area contributed by atoms with E-state index in [9.17, 15) is 0 Å². The number of benzene rings is 10. The van der Waals surface area contributed by atoms with Crippen LogP contribution in [0.1, 0.15) is 0 Å². The fraction of sp³-hybridized carbons (Fsp3) is 0. The molecule has 3 nitrogen and oxygen atoms in total. The number of fused-ring (bicyclic) bond motifs is 10. The number of hydrogen-bond acceptors (Lipinski definition) is 3. The number of anilines is 6. The zero-order valence-corrected chi connectivity index (χ0v) is 32.6. The Kier molecular flexibility index (Phi) is 7.10. The lowest BCUT2D eigenvalue weighted by Crippen LogP contribution is -2.54. The van der Waals surface area contributed by atoms with Crippen LogP contribution in [-0.4, -0.2) is 6.71 Å². The van der Waals surface area contributed by atoms with Gasteiger partial charge in [-0.1, -0.05) is 145 Å². The highest BCUT2D eigenvalue weighted by molar-refractivity contribution is 7.01. The van der Waals surface area contributed by atoms with Gasteiger partial charge in [-0.05, 0) is 117 Å². The summed E-state index contributed by atoms with van der Waals surface area (Å²) in [5, 5.41) is 7.13. The Balaban J connectivity index is 1.07. The van der Waals surface area contributed by atoms with Gasteiger partial charge in [-0.15, -0.1) is 0 Å². The molecule has 10 aromatic carbocycles. The molecule has 0 atom stereocenters. The molecule has 13 rings (SSSR count). The maximum atomic E-state index is 6.28. The summed E-state index contributed by atoms with van der Waals surface area (Å²) < 4.78 is 6.28. The minimum absolute atomic E-state index is 0.0531. The van der Waals surface area contributed by atoms with Crippen molar-refractivity contribution < 1.29 is 4.42 Å². The Labute approximate surface area is 348 Å². The molecule has 2 aliphatic rings. The second kappa shape index (κ2) is 12.8. The SMILES string of the molecule is c1ccc(N2c3ccccc3B3c4cc(N(c5cccc6ccccc56)c5cccc6ccccc56)ccc4-c4cc(-c5ccc6oc7ccccc7c6c5)cc2c43)cc1. The maximum Gasteiger partial charge on any atom is 0.248 e. The van der Waals surface area contributed by atoms with Gasteiger partial charge in [0.15, 0.2) is 0 Å². The molecular formula is C56H35BN2O. The van der Waals surface area contributed by atoms with Crippen LogP contribution >= 0.6 is 0 Å². The van der Waals surface area contributed by atoms with E-state index in [-0.39, 0.29) is 6.71 Å². The first-order valence-corrected chi connectivity index (χ1v) is 20.7. The van der Waals surface area contributed by atoms with Gasteiger partial charge in [0.25, 0.3) is 0 Å². The number of rotatable bonds is 5. The third kappa shape index (κ3) is 4.85. The topological polar surface area (TPSA) is 19.6 Å². The molecule has 0 N–H and O–H groups in total. The lowest BCUT2D eigenvalue weighted by Gasteiger charge is -2.36. The predicted octanol–water partition coefficient (Wildman–Crippen LogP) is 13.3. The first-order chi connectivity index (χ1) is 29.8. The minimum atomic E-state index is 0.0531. The molecule has 3 heterocycles. The second-order valence-electron chi connectivity index (χ2n) is 16.0. The summed E-state index contributed by atoms with van der Waals surface area (Å²) in [7, 11) is 0. The normalized spacial score (nSPS) is 12.6. The highest BCUT2D eigenvalue weighted by atomic mass is 16.3. The first kappa shape index (κ1) is 33.2. The summed E-state index contributed by atoms with van der Waals surface area (Å²) in [4.78, 5) is 4.96. The third-order valence-electron chi connectivity index (χ3n) is 12.8. The van der Waals surface area contributed by atoms with Gasteiger partial charge < -0.3 is 14.2 Å². The summed E-state index contributed by atoms with van der Waals surface area (Å²) in [6.07, 6.45) is 0. The molecule has 0 spiro atoms. The molecule has 278 valence electrons. The molecule has 0 aliphatic carbocycles. The molecule has 0 amide bonds. The highest BCUT2D eigenvalue weighted by Gasteiger charge is 2.43. The van der Waals surface area contributed by atoms with E-state index in [1.165, 1.54) is 71.6 Å². The third-order valence-corrected chi connectivity index (χ3v) is 12.8. The van der Waals surface area contributed by atoms with Crippen LogP contribution in [0.25, 0.3) is 65.7 Å². The average Bonchev–Trinajstić information content (AvgIpc) is 3.85. The van der Waals surface area contributed by atoms with Gasteiger partial charge in [0.2, 0.25) is 6.71 Å². The predicted molar refractivity (Wildman–Crippen MR) is 254 cm³/mol. The monoisotopic (exact) mass is 762 g/mol. The van der Waals surface area contributed by atoms with E-state index in [0.717, 1.165) is 44.7 Å². The van der Waals surface area contributed by atoms with Crippen molar-refractivity contribution in [1.82, 2.24) is 0 Å². The molecule has 60 heavy (non-hydrogen) atoms. The molecule has 0 saturated heterocycles. The van der Waals surface area contributed by atoms with Crippen molar-refractivity contribution in [2.24, 2.45) is 0 Å². The smallest absolute Gasteiger partial charge is 0.248 e. The van der Waals surface area contributed by atoms with E-state index in [4.69, 9.17) is 4.42 Å². The van der Waals surface area contributed by atoms with Crippen LogP contribution in [0.15, 0.2) is 217 Å². The summed E-state index contributed by atoms with van der Waals surface area (Å²) in [6, 6.07) is 77.7. The Morgan fingerprint density at radius 3 is 1.83 bits per heavy atom. The molecule has 4 heteroatoms. The van der Waals surface area contributed by atoms with Gasteiger partial charge >= 0.3 is 0 Å². The van der Waals surface area contributed by atoms with Crippen LogP contribution in [0, 0.1) is 0 Å². The maximum absolute atomic E-state index is 6.28. The molecule has 0 bridgehead atoms. The summed E-state index contributed by atoms with van der Waals surface area (Å²) in [5.41, 5.74) is 17.7. The van der Waals surface area contributed by atoms with Crippen LogP contribution in [0.5, 0.6) is 0 Å². The van der Waals surface area contributed by atoms with Crippen LogP contribution in [0.3, 0.4) is 0 Å². The summed E-state index contributed by atoms with van der Waals surface area (Å²) in [5.74, 6) is 0. The molecule has 0 saturated carbocycles. The van der Waals surface area contributed by atoms with E-state index < -0.39 is 0 Å². The van der Waals surface area contributed by atoms with E-state index in [1.54, 1.807) is 0 Å². The van der Waals surface area contributed by atoms with E-state index in [2.05, 4.69) is 216 Å². The van der Waals surface area contributed by atoms with Crippen molar-refractivity contribution in [1.29, 1.82) is 0 Å². The lowest BCUT2D eigenvalue weighted by atomic mass is 9.37. The Hall–Kier alpha value is -7.82. The molecule has 11 aromatic rings. The van der Waals surface area contributed by atoms with Gasteiger partial charge in [0.05, 0.1) is 11.4 Å². The van der Waals surface area contributed by atoms with Gasteiger partial charge in [0, 0.05) is 44.3 Å². The van der Waals surface area contributed by atoms with Crippen LogP contribution in [0.4, 0.5) is 34.1 Å². The molecule has 0 unspecified atom stereocenters. The van der Waals surface area contributed by atoms with Crippen molar-refractivity contribution in [2.75, 3.05) is 9.80 Å². The minimum Gasteiger partial charge on any atom is -0.456 e. The van der Waals surface area contributed by atoms with E-state index in [0.29, 0.717) is 0 Å². The van der Waals surface area contributed by atoms with Crippen molar-refractivity contribution >= 4 is 101 Å². The number of nitrogens with zero attached hydrogens (tertiary/aromatic N) is 2. The number of hydrogen-bond donors (Lipinski definition) is 0. The molecule has 1 aromatic heterocycles. The molecule has 0 fully saturated rings. The van der Waals surface area contributed by atoms with Gasteiger partial charge in [-0.25, -0.2) is 0 Å². The molecular weight excluding hydrogens is 727 g/mol.